The number of amides is 3. The minimum Gasteiger partial charge on any atom is -0.448 e. The fourth-order valence-corrected chi connectivity index (χ4v) is 1.66. The van der Waals surface area contributed by atoms with E-state index >= 15 is 0 Å². The summed E-state index contributed by atoms with van der Waals surface area (Å²) in [5.41, 5.74) is 3.74. The van der Waals surface area contributed by atoms with Crippen molar-refractivity contribution in [1.29, 1.82) is 0 Å². The fourth-order valence-electron chi connectivity index (χ4n) is 1.66. The first-order chi connectivity index (χ1) is 10.5. The van der Waals surface area contributed by atoms with Crippen molar-refractivity contribution in [2.45, 2.75) is 26.1 Å². The number of benzene rings is 1. The summed E-state index contributed by atoms with van der Waals surface area (Å²) in [6.07, 6.45) is -5.83. The molecule has 1 rings (SSSR count). The predicted octanol–water partition coefficient (Wildman–Crippen LogP) is 2.08. The van der Waals surface area contributed by atoms with E-state index in [0.717, 1.165) is 24.3 Å². The maximum atomic E-state index is 12.5. The average Bonchev–Trinajstić information content (AvgIpc) is 2.42. The molecule has 0 saturated heterocycles. The monoisotopic (exact) mass is 332 g/mol. The van der Waals surface area contributed by atoms with E-state index in [9.17, 15) is 27.6 Å². The SMILES string of the molecule is CC(C)[C@@H](OC(=O)c1ccc(C(F)(F)F)cc1)C(=O)NC(N)=O. The number of nitrogens with two attached hydrogens (primary N) is 1. The number of hydrogen-bond acceptors (Lipinski definition) is 4. The van der Waals surface area contributed by atoms with Crippen LogP contribution in [0.4, 0.5) is 18.0 Å². The van der Waals surface area contributed by atoms with Crippen molar-refractivity contribution < 1.29 is 32.3 Å². The summed E-state index contributed by atoms with van der Waals surface area (Å²) in [7, 11) is 0. The molecule has 3 N–H and O–H groups in total. The summed E-state index contributed by atoms with van der Waals surface area (Å²) in [5.74, 6) is -2.38. The van der Waals surface area contributed by atoms with Gasteiger partial charge in [0.05, 0.1) is 11.1 Å². The summed E-state index contributed by atoms with van der Waals surface area (Å²) in [4.78, 5) is 34.3. The Morgan fingerprint density at radius 2 is 1.65 bits per heavy atom. The highest BCUT2D eigenvalue weighted by atomic mass is 19.4. The van der Waals surface area contributed by atoms with Crippen LogP contribution in [0.25, 0.3) is 0 Å². The van der Waals surface area contributed by atoms with Gasteiger partial charge >= 0.3 is 18.2 Å². The van der Waals surface area contributed by atoms with Crippen LogP contribution in [-0.4, -0.2) is 24.0 Å². The summed E-state index contributed by atoms with van der Waals surface area (Å²) in [5, 5.41) is 1.78. The van der Waals surface area contributed by atoms with E-state index < -0.39 is 41.7 Å². The van der Waals surface area contributed by atoms with E-state index in [0.29, 0.717) is 0 Å². The lowest BCUT2D eigenvalue weighted by Gasteiger charge is -2.19. The van der Waals surface area contributed by atoms with Crippen LogP contribution < -0.4 is 11.1 Å². The number of hydrogen-bond donors (Lipinski definition) is 2. The second-order valence-corrected chi connectivity index (χ2v) is 5.00. The van der Waals surface area contributed by atoms with Crippen molar-refractivity contribution in [2.24, 2.45) is 11.7 Å². The van der Waals surface area contributed by atoms with Crippen molar-refractivity contribution >= 4 is 17.9 Å². The van der Waals surface area contributed by atoms with E-state index in [1.807, 2.05) is 0 Å². The number of esters is 1. The Labute approximate surface area is 129 Å². The molecule has 3 amide bonds. The van der Waals surface area contributed by atoms with Crippen molar-refractivity contribution in [1.82, 2.24) is 5.32 Å². The van der Waals surface area contributed by atoms with Crippen molar-refractivity contribution in [3.05, 3.63) is 35.4 Å². The van der Waals surface area contributed by atoms with Crippen LogP contribution in [0.1, 0.15) is 29.8 Å². The van der Waals surface area contributed by atoms with E-state index in [1.165, 1.54) is 0 Å². The van der Waals surface area contributed by atoms with Crippen LogP contribution in [0.5, 0.6) is 0 Å². The first-order valence-corrected chi connectivity index (χ1v) is 6.51. The van der Waals surface area contributed by atoms with E-state index in [2.05, 4.69) is 0 Å². The molecule has 0 aliphatic carbocycles. The van der Waals surface area contributed by atoms with E-state index in [-0.39, 0.29) is 5.56 Å². The third-order valence-electron chi connectivity index (χ3n) is 2.79. The van der Waals surface area contributed by atoms with Gasteiger partial charge in [-0.15, -0.1) is 0 Å². The van der Waals surface area contributed by atoms with Gasteiger partial charge in [0.15, 0.2) is 6.10 Å². The number of urea groups is 1. The van der Waals surface area contributed by atoms with Crippen molar-refractivity contribution in [3.63, 3.8) is 0 Å². The first kappa shape index (κ1) is 18.5. The van der Waals surface area contributed by atoms with Gasteiger partial charge in [0.25, 0.3) is 5.91 Å². The molecule has 0 radical (unpaired) electrons. The highest BCUT2D eigenvalue weighted by molar-refractivity contribution is 5.98. The minimum atomic E-state index is -4.52. The van der Waals surface area contributed by atoms with E-state index in [4.69, 9.17) is 10.5 Å². The molecule has 1 aromatic rings. The van der Waals surface area contributed by atoms with Gasteiger partial charge in [-0.3, -0.25) is 10.1 Å². The molecule has 0 aliphatic rings. The van der Waals surface area contributed by atoms with Crippen LogP contribution in [0.15, 0.2) is 24.3 Å². The summed E-state index contributed by atoms with van der Waals surface area (Å²) in [6.45, 7) is 3.12. The lowest BCUT2D eigenvalue weighted by Crippen LogP contribution is -2.45. The number of nitrogens with one attached hydrogen (secondary N) is 1. The molecular formula is C14H15F3N2O4. The van der Waals surface area contributed by atoms with Gasteiger partial charge in [0.2, 0.25) is 0 Å². The zero-order valence-electron chi connectivity index (χ0n) is 12.3. The Morgan fingerprint density at radius 3 is 2.04 bits per heavy atom. The Kier molecular flexibility index (Phi) is 5.72. The molecule has 0 heterocycles. The third kappa shape index (κ3) is 5.28. The fraction of sp³-hybridized carbons (Fsp3) is 0.357. The molecule has 0 aromatic heterocycles. The molecule has 0 bridgehead atoms. The first-order valence-electron chi connectivity index (χ1n) is 6.51. The number of primary amides is 1. The molecular weight excluding hydrogens is 317 g/mol. The van der Waals surface area contributed by atoms with Crippen LogP contribution in [0, 0.1) is 5.92 Å². The van der Waals surface area contributed by atoms with Gasteiger partial charge in [-0.25, -0.2) is 9.59 Å². The number of imide groups is 1. The maximum Gasteiger partial charge on any atom is 0.416 e. The summed E-state index contributed by atoms with van der Waals surface area (Å²) in [6, 6.07) is 2.23. The molecule has 0 unspecified atom stereocenters. The van der Waals surface area contributed by atoms with Crippen molar-refractivity contribution in [2.75, 3.05) is 0 Å². The molecule has 9 heteroatoms. The van der Waals surface area contributed by atoms with Crippen LogP contribution in [0.3, 0.4) is 0 Å². The number of rotatable bonds is 4. The molecule has 6 nitrogen and oxygen atoms in total. The highest BCUT2D eigenvalue weighted by Crippen LogP contribution is 2.29. The van der Waals surface area contributed by atoms with Crippen LogP contribution in [0.2, 0.25) is 0 Å². The summed E-state index contributed by atoms with van der Waals surface area (Å²) >= 11 is 0. The normalized spacial score (nSPS) is 12.6. The average molecular weight is 332 g/mol. The lowest BCUT2D eigenvalue weighted by molar-refractivity contribution is -0.137. The number of ether oxygens (including phenoxy) is 1. The standard InChI is InChI=1S/C14H15F3N2O4/c1-7(2)10(11(20)19-13(18)22)23-12(21)8-3-5-9(6-4-8)14(15,16)17/h3-7,10H,1-2H3,(H3,18,19,20,22)/t10-/m1/s1. The molecule has 0 spiro atoms. The topological polar surface area (TPSA) is 98.5 Å². The van der Waals surface area contributed by atoms with Crippen LogP contribution >= 0.6 is 0 Å². The number of carbonyl (C=O) groups excluding carboxylic acids is 3. The zero-order valence-corrected chi connectivity index (χ0v) is 12.3. The van der Waals surface area contributed by atoms with Gasteiger partial charge < -0.3 is 10.5 Å². The van der Waals surface area contributed by atoms with Gasteiger partial charge in [-0.2, -0.15) is 13.2 Å². The van der Waals surface area contributed by atoms with Gasteiger partial charge in [-0.05, 0) is 30.2 Å². The van der Waals surface area contributed by atoms with Gasteiger partial charge in [-0.1, -0.05) is 13.8 Å². The smallest absolute Gasteiger partial charge is 0.416 e. The Hall–Kier alpha value is -2.58. The number of carbonyl (C=O) groups is 3. The molecule has 0 fully saturated rings. The third-order valence-corrected chi connectivity index (χ3v) is 2.79. The van der Waals surface area contributed by atoms with Gasteiger partial charge in [0.1, 0.15) is 0 Å². The molecule has 23 heavy (non-hydrogen) atoms. The summed E-state index contributed by atoms with van der Waals surface area (Å²) < 4.78 is 42.3. The molecule has 1 atom stereocenters. The maximum absolute atomic E-state index is 12.5. The Bertz CT molecular complexity index is 597. The predicted molar refractivity (Wildman–Crippen MR) is 73.2 cm³/mol. The van der Waals surface area contributed by atoms with E-state index in [1.54, 1.807) is 19.2 Å². The second kappa shape index (κ2) is 7.12. The highest BCUT2D eigenvalue weighted by Gasteiger charge is 2.31. The lowest BCUT2D eigenvalue weighted by atomic mass is 10.1. The van der Waals surface area contributed by atoms with Crippen LogP contribution in [-0.2, 0) is 15.7 Å². The van der Waals surface area contributed by atoms with Gasteiger partial charge in [0, 0.05) is 0 Å². The molecule has 0 aliphatic heterocycles. The Morgan fingerprint density at radius 1 is 1.13 bits per heavy atom. The Balaban J connectivity index is 2.87. The minimum absolute atomic E-state index is 0.157. The quantitative estimate of drug-likeness (QED) is 0.825. The molecule has 1 aromatic carbocycles. The number of halogens is 3. The molecule has 0 saturated carbocycles. The number of alkyl halides is 3. The zero-order chi connectivity index (χ0) is 17.8. The molecule has 126 valence electrons. The van der Waals surface area contributed by atoms with Crippen molar-refractivity contribution in [3.8, 4) is 0 Å². The second-order valence-electron chi connectivity index (χ2n) is 5.00. The largest absolute Gasteiger partial charge is 0.448 e.